The van der Waals surface area contributed by atoms with E-state index in [9.17, 15) is 0 Å². The van der Waals surface area contributed by atoms with Crippen LogP contribution in [0.4, 0.5) is 0 Å². The van der Waals surface area contributed by atoms with Crippen LogP contribution in [0.15, 0.2) is 65.7 Å². The molecule has 0 saturated heterocycles. The third-order valence-electron chi connectivity index (χ3n) is 3.88. The summed E-state index contributed by atoms with van der Waals surface area (Å²) >= 11 is 0. The summed E-state index contributed by atoms with van der Waals surface area (Å²) in [4.78, 5) is 8.50. The Bertz CT molecular complexity index is 956. The van der Waals surface area contributed by atoms with Crippen molar-refractivity contribution in [2.24, 2.45) is 4.99 Å². The lowest BCUT2D eigenvalue weighted by Gasteiger charge is -2.04. The van der Waals surface area contributed by atoms with Crippen LogP contribution in [0.25, 0.3) is 17.5 Å². The zero-order chi connectivity index (χ0) is 19.1. The molecule has 0 aliphatic carbocycles. The van der Waals surface area contributed by atoms with Crippen LogP contribution in [-0.2, 0) is 6.54 Å². The van der Waals surface area contributed by atoms with E-state index in [1.54, 1.807) is 24.9 Å². The molecule has 0 fully saturated rings. The molecule has 27 heavy (non-hydrogen) atoms. The van der Waals surface area contributed by atoms with Crippen LogP contribution in [0.2, 0.25) is 0 Å². The molecule has 0 unspecified atom stereocenters. The highest BCUT2D eigenvalue weighted by molar-refractivity contribution is 5.97. The third-order valence-corrected chi connectivity index (χ3v) is 3.88. The second-order valence-electron chi connectivity index (χ2n) is 5.72. The number of aliphatic imine (C=N–C) groups is 1. The molecule has 0 aliphatic rings. The van der Waals surface area contributed by atoms with Crippen LogP contribution in [0.5, 0.6) is 5.75 Å². The van der Waals surface area contributed by atoms with E-state index in [2.05, 4.69) is 15.1 Å². The van der Waals surface area contributed by atoms with E-state index < -0.39 is 0 Å². The molecule has 1 heterocycles. The Morgan fingerprint density at radius 1 is 1.15 bits per heavy atom. The minimum atomic E-state index is 0.0399. The van der Waals surface area contributed by atoms with Crippen LogP contribution in [0, 0.1) is 5.41 Å². The average molecular weight is 359 g/mol. The summed E-state index contributed by atoms with van der Waals surface area (Å²) in [5.41, 5.74) is 2.02. The van der Waals surface area contributed by atoms with Crippen LogP contribution >= 0.6 is 0 Å². The fourth-order valence-electron chi connectivity index (χ4n) is 2.56. The number of allylic oxidation sites excluding steroid dienone is 1. The van der Waals surface area contributed by atoms with E-state index in [0.29, 0.717) is 18.2 Å². The van der Waals surface area contributed by atoms with Gasteiger partial charge in [0.25, 0.3) is 0 Å². The summed E-state index contributed by atoms with van der Waals surface area (Å²) < 4.78 is 6.99. The van der Waals surface area contributed by atoms with Gasteiger partial charge in [-0.25, -0.2) is 14.7 Å². The fourth-order valence-corrected chi connectivity index (χ4v) is 2.56. The quantitative estimate of drug-likeness (QED) is 0.532. The van der Waals surface area contributed by atoms with E-state index in [4.69, 9.17) is 10.1 Å². The van der Waals surface area contributed by atoms with Crippen LogP contribution in [0.1, 0.15) is 18.3 Å². The molecule has 0 atom stereocenters. The Morgan fingerprint density at radius 2 is 1.89 bits per heavy atom. The highest BCUT2D eigenvalue weighted by atomic mass is 16.5. The first kappa shape index (κ1) is 18.3. The van der Waals surface area contributed by atoms with Crippen LogP contribution in [0.3, 0.4) is 0 Å². The van der Waals surface area contributed by atoms with Gasteiger partial charge in [-0.05, 0) is 36.8 Å². The number of nitrogens with zero attached hydrogens (tertiary/aromatic N) is 4. The molecular weight excluding hydrogens is 338 g/mol. The van der Waals surface area contributed by atoms with Gasteiger partial charge in [0.2, 0.25) is 5.82 Å². The van der Waals surface area contributed by atoms with E-state index in [1.807, 2.05) is 66.7 Å². The summed E-state index contributed by atoms with van der Waals surface area (Å²) in [6.45, 7) is 2.30. The molecule has 0 radical (unpaired) electrons. The van der Waals surface area contributed by atoms with Gasteiger partial charge in [-0.15, -0.1) is 5.10 Å². The molecule has 3 rings (SSSR count). The minimum absolute atomic E-state index is 0.0399. The molecule has 3 aromatic rings. The number of hydrogen-bond acceptors (Lipinski definition) is 4. The highest BCUT2D eigenvalue weighted by Gasteiger charge is 2.14. The molecule has 0 saturated carbocycles. The topological polar surface area (TPSA) is 76.2 Å². The largest absolute Gasteiger partial charge is 0.497 e. The van der Waals surface area contributed by atoms with Crippen molar-refractivity contribution in [1.29, 1.82) is 5.41 Å². The summed E-state index contributed by atoms with van der Waals surface area (Å²) in [7, 11) is 1.63. The predicted molar refractivity (Wildman–Crippen MR) is 108 cm³/mol. The SMILES string of the molecule is CC=NC(=N)c1nc(-c2ccc(OC)cc2)n(C/C=C/c2ccccc2)n1. The van der Waals surface area contributed by atoms with Crippen LogP contribution < -0.4 is 4.74 Å². The maximum Gasteiger partial charge on any atom is 0.218 e. The number of ether oxygens (including phenoxy) is 1. The Labute approximate surface area is 158 Å². The first-order chi connectivity index (χ1) is 13.2. The van der Waals surface area contributed by atoms with E-state index in [1.165, 1.54) is 0 Å². The van der Waals surface area contributed by atoms with Crippen molar-refractivity contribution in [2.45, 2.75) is 13.5 Å². The first-order valence-corrected chi connectivity index (χ1v) is 8.59. The standard InChI is InChI=1S/C21H21N5O/c1-3-23-19(22)20-24-21(17-11-13-18(27-2)14-12-17)26(25-20)15-7-10-16-8-5-4-6-9-16/h3-14,22H,15H2,1-2H3/b10-7+,22-19?,23-3?. The molecular formula is C21H21N5O. The zero-order valence-electron chi connectivity index (χ0n) is 15.3. The Hall–Kier alpha value is -3.54. The second-order valence-corrected chi connectivity index (χ2v) is 5.72. The van der Waals surface area contributed by atoms with E-state index >= 15 is 0 Å². The smallest absolute Gasteiger partial charge is 0.218 e. The van der Waals surface area contributed by atoms with Gasteiger partial charge in [0.1, 0.15) is 5.75 Å². The molecule has 0 bridgehead atoms. The summed E-state index contributed by atoms with van der Waals surface area (Å²) in [5, 5.41) is 12.5. The second kappa shape index (κ2) is 8.71. The lowest BCUT2D eigenvalue weighted by atomic mass is 10.2. The number of benzene rings is 2. The molecule has 0 amide bonds. The molecule has 0 aliphatic heterocycles. The average Bonchev–Trinajstić information content (AvgIpc) is 3.13. The third kappa shape index (κ3) is 4.55. The van der Waals surface area contributed by atoms with Crippen LogP contribution in [-0.4, -0.2) is 33.9 Å². The highest BCUT2D eigenvalue weighted by Crippen LogP contribution is 2.21. The maximum atomic E-state index is 8.00. The number of methoxy groups -OCH3 is 1. The predicted octanol–water partition coefficient (Wildman–Crippen LogP) is 4.08. The molecule has 0 spiro atoms. The van der Waals surface area contributed by atoms with Gasteiger partial charge >= 0.3 is 0 Å². The van der Waals surface area contributed by atoms with Crippen molar-refractivity contribution in [3.63, 3.8) is 0 Å². The first-order valence-electron chi connectivity index (χ1n) is 8.59. The van der Waals surface area contributed by atoms with Gasteiger partial charge in [-0.3, -0.25) is 5.41 Å². The van der Waals surface area contributed by atoms with Gasteiger partial charge in [-0.2, -0.15) is 0 Å². The molecule has 1 aromatic heterocycles. The summed E-state index contributed by atoms with van der Waals surface area (Å²) in [6, 6.07) is 17.7. The van der Waals surface area contributed by atoms with E-state index in [-0.39, 0.29) is 5.84 Å². The normalized spacial score (nSPS) is 11.3. The lowest BCUT2D eigenvalue weighted by Crippen LogP contribution is -2.03. The number of hydrogen-bond donors (Lipinski definition) is 1. The number of rotatable bonds is 6. The Balaban J connectivity index is 1.92. The Kier molecular flexibility index (Phi) is 5.89. The molecule has 136 valence electrons. The minimum Gasteiger partial charge on any atom is -0.497 e. The zero-order valence-corrected chi connectivity index (χ0v) is 15.3. The number of amidine groups is 1. The molecule has 1 N–H and O–H groups in total. The fraction of sp³-hybridized carbons (Fsp3) is 0.143. The lowest BCUT2D eigenvalue weighted by molar-refractivity contribution is 0.415. The van der Waals surface area contributed by atoms with Crippen molar-refractivity contribution >= 4 is 18.1 Å². The summed E-state index contributed by atoms with van der Waals surface area (Å²) in [6.07, 6.45) is 5.62. The maximum absolute atomic E-state index is 8.00. The van der Waals surface area contributed by atoms with Crippen molar-refractivity contribution < 1.29 is 4.74 Å². The van der Waals surface area contributed by atoms with Gasteiger partial charge in [0.05, 0.1) is 13.7 Å². The van der Waals surface area contributed by atoms with Crippen molar-refractivity contribution in [2.75, 3.05) is 7.11 Å². The van der Waals surface area contributed by atoms with Crippen molar-refractivity contribution in [1.82, 2.24) is 14.8 Å². The number of nitrogens with one attached hydrogen (secondary N) is 1. The molecule has 6 heteroatoms. The monoisotopic (exact) mass is 359 g/mol. The Morgan fingerprint density at radius 3 is 2.56 bits per heavy atom. The van der Waals surface area contributed by atoms with Crippen molar-refractivity contribution in [3.05, 3.63) is 72.1 Å². The van der Waals surface area contributed by atoms with Gasteiger partial charge in [-0.1, -0.05) is 42.5 Å². The number of aromatic nitrogens is 3. The van der Waals surface area contributed by atoms with Gasteiger partial charge in [0, 0.05) is 11.8 Å². The van der Waals surface area contributed by atoms with Gasteiger partial charge < -0.3 is 4.74 Å². The summed E-state index contributed by atoms with van der Waals surface area (Å²) in [5.74, 6) is 1.80. The van der Waals surface area contributed by atoms with E-state index in [0.717, 1.165) is 16.9 Å². The molecule has 2 aromatic carbocycles. The van der Waals surface area contributed by atoms with Crippen molar-refractivity contribution in [3.8, 4) is 17.1 Å². The van der Waals surface area contributed by atoms with Gasteiger partial charge in [0.15, 0.2) is 11.7 Å². The molecule has 6 nitrogen and oxygen atoms in total.